The minimum Gasteiger partial charge on any atom is -0.372 e. The predicted molar refractivity (Wildman–Crippen MR) is 91.1 cm³/mol. The van der Waals surface area contributed by atoms with Crippen molar-refractivity contribution in [2.24, 2.45) is 0 Å². The van der Waals surface area contributed by atoms with Gasteiger partial charge in [-0.05, 0) is 41.8 Å². The molecule has 2 aromatic rings. The summed E-state index contributed by atoms with van der Waals surface area (Å²) in [5, 5.41) is 3.45. The maximum Gasteiger partial charge on any atom is 0.0724 e. The highest BCUT2D eigenvalue weighted by Crippen LogP contribution is 2.14. The highest BCUT2D eigenvalue weighted by atomic mass is 79.9. The smallest absolute Gasteiger partial charge is 0.0724 e. The van der Waals surface area contributed by atoms with E-state index in [0.717, 1.165) is 24.0 Å². The quantitative estimate of drug-likeness (QED) is 0.701. The molecule has 0 saturated carbocycles. The van der Waals surface area contributed by atoms with Gasteiger partial charge in [0.1, 0.15) is 0 Å². The summed E-state index contributed by atoms with van der Waals surface area (Å²) in [6.07, 6.45) is 1.15. The van der Waals surface area contributed by atoms with Crippen LogP contribution in [0.5, 0.6) is 0 Å². The van der Waals surface area contributed by atoms with Crippen molar-refractivity contribution in [3.8, 4) is 0 Å². The van der Waals surface area contributed by atoms with Gasteiger partial charge in [0, 0.05) is 11.0 Å². The molecule has 0 aliphatic rings. The van der Waals surface area contributed by atoms with Crippen LogP contribution in [0.2, 0.25) is 0 Å². The number of ether oxygens (including phenoxy) is 1. The normalized spacial score (nSPS) is 10.8. The fourth-order valence-corrected chi connectivity index (χ4v) is 2.39. The predicted octanol–water partition coefficient (Wildman–Crippen LogP) is 4.67. The van der Waals surface area contributed by atoms with Crippen LogP contribution in [-0.4, -0.2) is 6.54 Å². The molecule has 0 fully saturated rings. The number of hydrogen-bond donors (Lipinski definition) is 1. The Balaban J connectivity index is 1.86. The molecule has 0 heterocycles. The van der Waals surface area contributed by atoms with E-state index in [-0.39, 0.29) is 0 Å². The Hall–Kier alpha value is -1.16. The number of nitrogens with one attached hydrogen (secondary N) is 1. The first kappa shape index (κ1) is 16.2. The Kier molecular flexibility index (Phi) is 6.93. The summed E-state index contributed by atoms with van der Waals surface area (Å²) in [6, 6.07) is 16.7. The van der Waals surface area contributed by atoms with Gasteiger partial charge in [0.15, 0.2) is 0 Å². The molecular formula is C18H22BrNO. The number of halogens is 1. The summed E-state index contributed by atoms with van der Waals surface area (Å²) in [6.45, 7) is 5.43. The lowest BCUT2D eigenvalue weighted by atomic mass is 10.1. The molecule has 2 rings (SSSR count). The van der Waals surface area contributed by atoms with Crippen LogP contribution < -0.4 is 5.32 Å². The molecular weight excluding hydrogens is 326 g/mol. The van der Waals surface area contributed by atoms with Crippen molar-refractivity contribution >= 4 is 15.9 Å². The van der Waals surface area contributed by atoms with Crippen molar-refractivity contribution < 1.29 is 4.74 Å². The molecule has 0 aliphatic carbocycles. The number of hydrogen-bond acceptors (Lipinski definition) is 2. The van der Waals surface area contributed by atoms with E-state index in [9.17, 15) is 0 Å². The standard InChI is InChI=1S/C18H22BrNO/c1-2-11-20-12-16-5-3-4-6-17(16)14-21-13-15-7-9-18(19)10-8-15/h3-10,20H,2,11-14H2,1H3. The fraction of sp³-hybridized carbons (Fsp3) is 0.333. The molecule has 0 radical (unpaired) electrons. The summed E-state index contributed by atoms with van der Waals surface area (Å²) >= 11 is 3.44. The second-order valence-corrected chi connectivity index (χ2v) is 5.98. The third kappa shape index (κ3) is 5.62. The molecule has 0 spiro atoms. The topological polar surface area (TPSA) is 21.3 Å². The third-order valence-electron chi connectivity index (χ3n) is 3.30. The Morgan fingerprint density at radius 2 is 1.67 bits per heavy atom. The molecule has 0 bridgehead atoms. The van der Waals surface area contributed by atoms with Gasteiger partial charge in [-0.2, -0.15) is 0 Å². The zero-order valence-electron chi connectivity index (χ0n) is 12.4. The van der Waals surface area contributed by atoms with Gasteiger partial charge in [0.2, 0.25) is 0 Å². The Morgan fingerprint density at radius 1 is 0.952 bits per heavy atom. The van der Waals surface area contributed by atoms with Crippen LogP contribution in [0.15, 0.2) is 53.0 Å². The summed E-state index contributed by atoms with van der Waals surface area (Å²) in [7, 11) is 0. The molecule has 1 N–H and O–H groups in total. The molecule has 2 aromatic carbocycles. The lowest BCUT2D eigenvalue weighted by Gasteiger charge is -2.11. The van der Waals surface area contributed by atoms with Gasteiger partial charge in [0.05, 0.1) is 13.2 Å². The summed E-state index contributed by atoms with van der Waals surface area (Å²) in [4.78, 5) is 0. The van der Waals surface area contributed by atoms with Gasteiger partial charge < -0.3 is 10.1 Å². The summed E-state index contributed by atoms with van der Waals surface area (Å²) < 4.78 is 6.95. The SMILES string of the molecule is CCCNCc1ccccc1COCc1ccc(Br)cc1. The lowest BCUT2D eigenvalue weighted by molar-refractivity contribution is 0.106. The van der Waals surface area contributed by atoms with Crippen LogP contribution in [0.1, 0.15) is 30.0 Å². The summed E-state index contributed by atoms with van der Waals surface area (Å²) in [5.41, 5.74) is 3.78. The number of rotatable bonds is 8. The lowest BCUT2D eigenvalue weighted by Crippen LogP contribution is -2.15. The first-order valence-electron chi connectivity index (χ1n) is 7.39. The molecule has 3 heteroatoms. The van der Waals surface area contributed by atoms with E-state index in [2.05, 4.69) is 64.6 Å². The van der Waals surface area contributed by atoms with Crippen molar-refractivity contribution in [2.45, 2.75) is 33.1 Å². The van der Waals surface area contributed by atoms with E-state index in [0.29, 0.717) is 13.2 Å². The third-order valence-corrected chi connectivity index (χ3v) is 3.83. The summed E-state index contributed by atoms with van der Waals surface area (Å²) in [5.74, 6) is 0. The van der Waals surface area contributed by atoms with E-state index >= 15 is 0 Å². The van der Waals surface area contributed by atoms with Crippen LogP contribution in [-0.2, 0) is 24.5 Å². The first-order chi connectivity index (χ1) is 10.3. The monoisotopic (exact) mass is 347 g/mol. The van der Waals surface area contributed by atoms with Crippen molar-refractivity contribution in [1.29, 1.82) is 0 Å². The van der Waals surface area contributed by atoms with E-state index < -0.39 is 0 Å². The van der Waals surface area contributed by atoms with Crippen LogP contribution in [0.4, 0.5) is 0 Å². The van der Waals surface area contributed by atoms with E-state index in [1.54, 1.807) is 0 Å². The van der Waals surface area contributed by atoms with Gasteiger partial charge in [0.25, 0.3) is 0 Å². The Labute approximate surface area is 135 Å². The zero-order chi connectivity index (χ0) is 14.9. The van der Waals surface area contributed by atoms with Crippen LogP contribution in [0, 0.1) is 0 Å². The molecule has 2 nitrogen and oxygen atoms in total. The van der Waals surface area contributed by atoms with Crippen molar-refractivity contribution in [2.75, 3.05) is 6.54 Å². The molecule has 21 heavy (non-hydrogen) atoms. The average Bonchev–Trinajstić information content (AvgIpc) is 2.51. The molecule has 0 aromatic heterocycles. The molecule has 0 unspecified atom stereocenters. The van der Waals surface area contributed by atoms with Crippen molar-refractivity contribution in [3.63, 3.8) is 0 Å². The van der Waals surface area contributed by atoms with Crippen molar-refractivity contribution in [3.05, 3.63) is 69.7 Å². The number of benzene rings is 2. The van der Waals surface area contributed by atoms with E-state index in [1.807, 2.05) is 12.1 Å². The van der Waals surface area contributed by atoms with Gasteiger partial charge in [-0.1, -0.05) is 59.3 Å². The molecule has 0 amide bonds. The van der Waals surface area contributed by atoms with Crippen LogP contribution >= 0.6 is 15.9 Å². The highest BCUT2D eigenvalue weighted by molar-refractivity contribution is 9.10. The van der Waals surface area contributed by atoms with Gasteiger partial charge in [-0.15, -0.1) is 0 Å². The van der Waals surface area contributed by atoms with Gasteiger partial charge in [-0.25, -0.2) is 0 Å². The van der Waals surface area contributed by atoms with Gasteiger partial charge >= 0.3 is 0 Å². The largest absolute Gasteiger partial charge is 0.372 e. The second kappa shape index (κ2) is 8.98. The highest BCUT2D eigenvalue weighted by Gasteiger charge is 2.02. The first-order valence-corrected chi connectivity index (χ1v) is 8.18. The maximum absolute atomic E-state index is 5.85. The van der Waals surface area contributed by atoms with Crippen LogP contribution in [0.25, 0.3) is 0 Å². The minimum atomic E-state index is 0.643. The maximum atomic E-state index is 5.85. The molecule has 112 valence electrons. The Morgan fingerprint density at radius 3 is 2.38 bits per heavy atom. The van der Waals surface area contributed by atoms with E-state index in [1.165, 1.54) is 16.7 Å². The zero-order valence-corrected chi connectivity index (χ0v) is 14.0. The second-order valence-electron chi connectivity index (χ2n) is 5.06. The van der Waals surface area contributed by atoms with Crippen LogP contribution in [0.3, 0.4) is 0 Å². The average molecular weight is 348 g/mol. The Bertz CT molecular complexity index is 539. The van der Waals surface area contributed by atoms with Crippen molar-refractivity contribution in [1.82, 2.24) is 5.32 Å². The van der Waals surface area contributed by atoms with E-state index in [4.69, 9.17) is 4.74 Å². The minimum absolute atomic E-state index is 0.643. The molecule has 0 atom stereocenters. The molecule has 0 aliphatic heterocycles. The fourth-order valence-electron chi connectivity index (χ4n) is 2.13. The van der Waals surface area contributed by atoms with Gasteiger partial charge in [-0.3, -0.25) is 0 Å². The molecule has 0 saturated heterocycles.